The number of benzene rings is 3. The van der Waals surface area contributed by atoms with Crippen LogP contribution in [0.3, 0.4) is 0 Å². The van der Waals surface area contributed by atoms with E-state index in [0.29, 0.717) is 22.5 Å². The lowest BCUT2D eigenvalue weighted by Crippen LogP contribution is -2.34. The minimum absolute atomic E-state index is 0.123. The summed E-state index contributed by atoms with van der Waals surface area (Å²) in [5, 5.41) is 13.8. The van der Waals surface area contributed by atoms with Crippen LogP contribution in [0.15, 0.2) is 95.4 Å². The van der Waals surface area contributed by atoms with Crippen LogP contribution in [0, 0.1) is 0 Å². The molecule has 0 N–H and O–H groups in total. The van der Waals surface area contributed by atoms with E-state index in [-0.39, 0.29) is 18.5 Å². The van der Waals surface area contributed by atoms with Crippen LogP contribution in [0.25, 0.3) is 28.4 Å². The number of amides is 1. The number of hydrogen-bond donors (Lipinski definition) is 0. The Labute approximate surface area is 213 Å². The Bertz CT molecular complexity index is 1490. The normalized spacial score (nSPS) is 13.0. The summed E-state index contributed by atoms with van der Waals surface area (Å²) in [6, 6.07) is 28.7. The van der Waals surface area contributed by atoms with E-state index in [0.717, 1.165) is 35.3 Å². The highest BCUT2D eigenvalue weighted by Gasteiger charge is 2.36. The molecule has 0 saturated heterocycles. The maximum atomic E-state index is 13.9. The third-order valence-electron chi connectivity index (χ3n) is 6.11. The molecule has 8 heteroatoms. The van der Waals surface area contributed by atoms with Gasteiger partial charge in [0.15, 0.2) is 0 Å². The number of carbonyl (C=O) groups is 1. The Hall–Kier alpha value is -4.23. The first kappa shape index (κ1) is 22.2. The van der Waals surface area contributed by atoms with Crippen molar-refractivity contribution in [2.45, 2.75) is 25.4 Å². The summed E-state index contributed by atoms with van der Waals surface area (Å²) in [4.78, 5) is 15.8. The van der Waals surface area contributed by atoms with E-state index in [1.807, 2.05) is 83.8 Å². The lowest BCUT2D eigenvalue weighted by atomic mass is 10.1. The summed E-state index contributed by atoms with van der Waals surface area (Å²) >= 11 is 5.99. The number of para-hydroxylation sites is 1. The molecule has 2 aromatic heterocycles. The molecule has 0 atom stereocenters. The van der Waals surface area contributed by atoms with Gasteiger partial charge in [0, 0.05) is 22.2 Å². The van der Waals surface area contributed by atoms with E-state index in [9.17, 15) is 4.79 Å². The molecule has 0 unspecified atom stereocenters. The Morgan fingerprint density at radius 2 is 1.61 bits per heavy atom. The highest BCUT2D eigenvalue weighted by molar-refractivity contribution is 6.30. The van der Waals surface area contributed by atoms with E-state index >= 15 is 0 Å². The third-order valence-corrected chi connectivity index (χ3v) is 6.36. The molecule has 3 aromatic carbocycles. The molecule has 178 valence electrons. The first-order valence-electron chi connectivity index (χ1n) is 11.8. The Morgan fingerprint density at radius 1 is 0.917 bits per heavy atom. The smallest absolute Gasteiger partial charge is 0.273 e. The van der Waals surface area contributed by atoms with Gasteiger partial charge >= 0.3 is 0 Å². The molecule has 1 aliphatic carbocycles. The number of rotatable bonds is 7. The molecule has 1 aliphatic rings. The maximum Gasteiger partial charge on any atom is 0.273 e. The summed E-state index contributed by atoms with van der Waals surface area (Å²) in [5.41, 5.74) is 3.77. The van der Waals surface area contributed by atoms with Crippen LogP contribution < -0.4 is 0 Å². The minimum atomic E-state index is -0.123. The summed E-state index contributed by atoms with van der Waals surface area (Å²) in [7, 11) is 0. The Balaban J connectivity index is 1.33. The van der Waals surface area contributed by atoms with Gasteiger partial charge in [0.25, 0.3) is 5.91 Å². The lowest BCUT2D eigenvalue weighted by molar-refractivity contribution is 0.0705. The van der Waals surface area contributed by atoms with Crippen molar-refractivity contribution >= 4 is 17.5 Å². The van der Waals surface area contributed by atoms with Gasteiger partial charge in [0.2, 0.25) is 11.8 Å². The largest absolute Gasteiger partial charge is 0.419 e. The number of halogens is 1. The fraction of sp³-hybridized carbons (Fsp3) is 0.143. The minimum Gasteiger partial charge on any atom is -0.419 e. The SMILES string of the molecule is O=C(c1cc(-c2ccccc2)nn1-c1ccccc1)N(Cc1nnc(-c2ccc(Cl)cc2)o1)C1CC1. The quantitative estimate of drug-likeness (QED) is 0.275. The van der Waals surface area contributed by atoms with Crippen molar-refractivity contribution in [1.82, 2.24) is 24.9 Å². The van der Waals surface area contributed by atoms with Crippen LogP contribution in [0.1, 0.15) is 29.2 Å². The molecule has 0 spiro atoms. The number of aromatic nitrogens is 4. The Morgan fingerprint density at radius 3 is 2.31 bits per heavy atom. The van der Waals surface area contributed by atoms with Gasteiger partial charge in [-0.2, -0.15) is 5.10 Å². The van der Waals surface area contributed by atoms with E-state index in [1.54, 1.807) is 16.8 Å². The first-order valence-corrected chi connectivity index (χ1v) is 12.1. The van der Waals surface area contributed by atoms with E-state index in [2.05, 4.69) is 10.2 Å². The van der Waals surface area contributed by atoms with Crippen LogP contribution in [0.4, 0.5) is 0 Å². The first-order chi connectivity index (χ1) is 17.7. The molecule has 0 radical (unpaired) electrons. The van der Waals surface area contributed by atoms with E-state index in [1.165, 1.54) is 0 Å². The van der Waals surface area contributed by atoms with E-state index < -0.39 is 0 Å². The van der Waals surface area contributed by atoms with Crippen LogP contribution >= 0.6 is 11.6 Å². The molecule has 5 aromatic rings. The van der Waals surface area contributed by atoms with Crippen molar-refractivity contribution in [1.29, 1.82) is 0 Å². The van der Waals surface area contributed by atoms with Gasteiger partial charge in [0.1, 0.15) is 5.69 Å². The lowest BCUT2D eigenvalue weighted by Gasteiger charge is -2.21. The van der Waals surface area contributed by atoms with Gasteiger partial charge in [0.05, 0.1) is 17.9 Å². The zero-order valence-electron chi connectivity index (χ0n) is 19.3. The Kier molecular flexibility index (Phi) is 5.83. The molecular formula is C28H22ClN5O2. The van der Waals surface area contributed by atoms with Crippen molar-refractivity contribution in [3.05, 3.63) is 108 Å². The number of carbonyl (C=O) groups excluding carboxylic acids is 1. The van der Waals surface area contributed by atoms with Crippen molar-refractivity contribution < 1.29 is 9.21 Å². The summed E-state index contributed by atoms with van der Waals surface area (Å²) < 4.78 is 7.63. The van der Waals surface area contributed by atoms with Gasteiger partial charge < -0.3 is 9.32 Å². The average molecular weight is 496 g/mol. The maximum absolute atomic E-state index is 13.9. The third kappa shape index (κ3) is 4.53. The fourth-order valence-corrected chi connectivity index (χ4v) is 4.25. The molecule has 0 bridgehead atoms. The molecule has 7 nitrogen and oxygen atoms in total. The molecule has 0 aliphatic heterocycles. The van der Waals surface area contributed by atoms with Crippen molar-refractivity contribution in [2.24, 2.45) is 0 Å². The van der Waals surface area contributed by atoms with Crippen molar-refractivity contribution in [3.63, 3.8) is 0 Å². The second-order valence-corrected chi connectivity index (χ2v) is 9.14. The number of hydrogen-bond acceptors (Lipinski definition) is 5. The van der Waals surface area contributed by atoms with Crippen molar-refractivity contribution in [2.75, 3.05) is 0 Å². The standard InChI is InChI=1S/C28H22ClN5O2/c29-21-13-11-20(12-14-21)27-31-30-26(36-27)18-33(22-15-16-22)28(35)25-17-24(19-7-3-1-4-8-19)32-34(25)23-9-5-2-6-10-23/h1-14,17,22H,15-16,18H2. The molecular weight excluding hydrogens is 474 g/mol. The van der Waals surface area contributed by atoms with Gasteiger partial charge in [-0.25, -0.2) is 4.68 Å². The zero-order valence-corrected chi connectivity index (χ0v) is 20.0. The summed E-state index contributed by atoms with van der Waals surface area (Å²) in [6.45, 7) is 0.227. The van der Waals surface area contributed by atoms with Crippen LogP contribution in [-0.4, -0.2) is 36.8 Å². The van der Waals surface area contributed by atoms with Crippen LogP contribution in [0.2, 0.25) is 5.02 Å². The monoisotopic (exact) mass is 495 g/mol. The van der Waals surface area contributed by atoms with Crippen LogP contribution in [-0.2, 0) is 6.54 Å². The average Bonchev–Trinajstić information content (AvgIpc) is 3.48. The van der Waals surface area contributed by atoms with Gasteiger partial charge in [-0.05, 0) is 55.3 Å². The second-order valence-electron chi connectivity index (χ2n) is 8.70. The molecule has 2 heterocycles. The summed E-state index contributed by atoms with van der Waals surface area (Å²) in [5.74, 6) is 0.655. The molecule has 1 amide bonds. The topological polar surface area (TPSA) is 77.1 Å². The van der Waals surface area contributed by atoms with Gasteiger partial charge in [-0.3, -0.25) is 4.79 Å². The summed E-state index contributed by atoms with van der Waals surface area (Å²) in [6.07, 6.45) is 1.88. The van der Waals surface area contributed by atoms with Gasteiger partial charge in [-0.1, -0.05) is 60.1 Å². The second kappa shape index (κ2) is 9.43. The molecule has 1 fully saturated rings. The highest BCUT2D eigenvalue weighted by atomic mass is 35.5. The predicted octanol–water partition coefficient (Wildman–Crippen LogP) is 6.05. The zero-order chi connectivity index (χ0) is 24.5. The predicted molar refractivity (Wildman–Crippen MR) is 137 cm³/mol. The van der Waals surface area contributed by atoms with Gasteiger partial charge in [-0.15, -0.1) is 10.2 Å². The molecule has 36 heavy (non-hydrogen) atoms. The highest BCUT2D eigenvalue weighted by Crippen LogP contribution is 2.32. The van der Waals surface area contributed by atoms with E-state index in [4.69, 9.17) is 21.1 Å². The number of nitrogens with zero attached hydrogens (tertiary/aromatic N) is 5. The van der Waals surface area contributed by atoms with Crippen LogP contribution in [0.5, 0.6) is 0 Å². The van der Waals surface area contributed by atoms with Crippen molar-refractivity contribution in [3.8, 4) is 28.4 Å². The molecule has 6 rings (SSSR count). The molecule has 1 saturated carbocycles. The fourth-order valence-electron chi connectivity index (χ4n) is 4.12.